The number of nitrogens with zero attached hydrogens (tertiary/aromatic N) is 3. The van der Waals surface area contributed by atoms with Gasteiger partial charge in [-0.2, -0.15) is 0 Å². The number of aliphatic imine (C=N–C) groups is 1. The molecule has 1 heterocycles. The van der Waals surface area contributed by atoms with Gasteiger partial charge in [-0.05, 0) is 57.7 Å². The number of carbonyl (C=O) groups is 1. The lowest BCUT2D eigenvalue weighted by atomic mass is 10.1. The van der Waals surface area contributed by atoms with Crippen molar-refractivity contribution < 1.29 is 14.8 Å². The molecule has 1 N–H and O–H groups in total. The first-order chi connectivity index (χ1) is 11.2. The number of phenols is 1. The number of hydrogen-bond donors (Lipinski definition) is 1. The fraction of sp³-hybridized carbons (Fsp3) is 0.375. The predicted molar refractivity (Wildman–Crippen MR) is 94.9 cm³/mol. The van der Waals surface area contributed by atoms with Crippen LogP contribution in [0.1, 0.15) is 33.3 Å². The number of carbonyl (C=O) groups excluding carboxylic acids is 1. The van der Waals surface area contributed by atoms with E-state index >= 15 is 0 Å². The lowest BCUT2D eigenvalue weighted by molar-refractivity contribution is -0.385. The van der Waals surface area contributed by atoms with Crippen LogP contribution in [0.15, 0.2) is 28.1 Å². The molecule has 7 nitrogen and oxygen atoms in total. The number of benzene rings is 1. The van der Waals surface area contributed by atoms with Crippen LogP contribution in [0.5, 0.6) is 5.75 Å². The summed E-state index contributed by atoms with van der Waals surface area (Å²) in [6.07, 6.45) is 1.43. The molecule has 128 valence electrons. The van der Waals surface area contributed by atoms with Gasteiger partial charge in [0.15, 0.2) is 5.17 Å². The van der Waals surface area contributed by atoms with Crippen molar-refractivity contribution in [2.45, 2.75) is 39.8 Å². The summed E-state index contributed by atoms with van der Waals surface area (Å²) in [6, 6.07) is 3.69. The normalized spacial score (nSPS) is 18.4. The molecule has 0 bridgehead atoms. The van der Waals surface area contributed by atoms with Crippen LogP contribution in [0.4, 0.5) is 5.69 Å². The van der Waals surface area contributed by atoms with E-state index in [4.69, 9.17) is 0 Å². The molecular weight excluding hydrogens is 330 g/mol. The summed E-state index contributed by atoms with van der Waals surface area (Å²) in [6.45, 7) is 7.60. The van der Waals surface area contributed by atoms with Gasteiger partial charge in [0.1, 0.15) is 5.75 Å². The van der Waals surface area contributed by atoms with Gasteiger partial charge in [0, 0.05) is 18.2 Å². The quantitative estimate of drug-likeness (QED) is 0.510. The minimum absolute atomic E-state index is 0.0241. The van der Waals surface area contributed by atoms with E-state index in [2.05, 4.69) is 4.99 Å². The van der Waals surface area contributed by atoms with Gasteiger partial charge in [-0.15, -0.1) is 0 Å². The Labute approximate surface area is 144 Å². The molecule has 1 aromatic rings. The minimum atomic E-state index is -0.542. The highest BCUT2D eigenvalue weighted by Crippen LogP contribution is 2.36. The van der Waals surface area contributed by atoms with E-state index in [0.717, 1.165) is 0 Å². The Morgan fingerprint density at radius 2 is 2.00 bits per heavy atom. The van der Waals surface area contributed by atoms with Crippen molar-refractivity contribution in [2.75, 3.05) is 0 Å². The summed E-state index contributed by atoms with van der Waals surface area (Å²) in [5.74, 6) is -0.341. The zero-order valence-corrected chi connectivity index (χ0v) is 14.7. The maximum Gasteiger partial charge on any atom is 0.276 e. The van der Waals surface area contributed by atoms with Gasteiger partial charge in [0.2, 0.25) is 0 Å². The van der Waals surface area contributed by atoms with Gasteiger partial charge in [-0.3, -0.25) is 24.8 Å². The van der Waals surface area contributed by atoms with Gasteiger partial charge in [-0.1, -0.05) is 0 Å². The molecule has 1 fully saturated rings. The maximum atomic E-state index is 12.6. The first-order valence-corrected chi connectivity index (χ1v) is 8.30. The van der Waals surface area contributed by atoms with Crippen LogP contribution in [0.3, 0.4) is 0 Å². The first kappa shape index (κ1) is 18.0. The Morgan fingerprint density at radius 1 is 1.33 bits per heavy atom. The van der Waals surface area contributed by atoms with E-state index in [-0.39, 0.29) is 35.0 Å². The second-order valence-electron chi connectivity index (χ2n) is 5.89. The molecule has 1 saturated heterocycles. The van der Waals surface area contributed by atoms with Gasteiger partial charge in [0.25, 0.3) is 11.6 Å². The molecule has 1 amide bonds. The fourth-order valence-corrected chi connectivity index (χ4v) is 3.44. The number of hydrogen-bond acceptors (Lipinski definition) is 6. The minimum Gasteiger partial charge on any atom is -0.508 e. The fourth-order valence-electron chi connectivity index (χ4n) is 2.22. The lowest BCUT2D eigenvalue weighted by Gasteiger charge is -2.20. The number of aromatic hydroxyl groups is 1. The Kier molecular flexibility index (Phi) is 5.28. The van der Waals surface area contributed by atoms with E-state index in [1.165, 1.54) is 36.0 Å². The van der Waals surface area contributed by atoms with Crippen LogP contribution in [0.25, 0.3) is 6.08 Å². The highest BCUT2D eigenvalue weighted by atomic mass is 32.2. The van der Waals surface area contributed by atoms with Gasteiger partial charge < -0.3 is 5.11 Å². The SMILES string of the molecule is CC(C)N=C1S/C(=C/c2cc(O)ccc2[N+](=O)[O-])C(=O)N1C(C)C. The van der Waals surface area contributed by atoms with Crippen LogP contribution in [-0.4, -0.2) is 38.1 Å². The molecule has 24 heavy (non-hydrogen) atoms. The smallest absolute Gasteiger partial charge is 0.276 e. The summed E-state index contributed by atoms with van der Waals surface area (Å²) >= 11 is 1.19. The largest absolute Gasteiger partial charge is 0.508 e. The molecule has 0 atom stereocenters. The predicted octanol–water partition coefficient (Wildman–Crippen LogP) is 3.39. The maximum absolute atomic E-state index is 12.6. The highest BCUT2D eigenvalue weighted by Gasteiger charge is 2.35. The van der Waals surface area contributed by atoms with Crippen LogP contribution >= 0.6 is 11.8 Å². The Morgan fingerprint density at radius 3 is 2.54 bits per heavy atom. The summed E-state index contributed by atoms with van der Waals surface area (Å²) < 4.78 is 0. The molecule has 1 aliphatic rings. The second-order valence-corrected chi connectivity index (χ2v) is 6.89. The molecule has 8 heteroatoms. The van der Waals surface area contributed by atoms with Gasteiger partial charge >= 0.3 is 0 Å². The first-order valence-electron chi connectivity index (χ1n) is 7.49. The number of nitro groups is 1. The monoisotopic (exact) mass is 349 g/mol. The summed E-state index contributed by atoms with van der Waals surface area (Å²) in [5, 5.41) is 21.3. The lowest BCUT2D eigenvalue weighted by Crippen LogP contribution is -2.35. The average Bonchev–Trinajstić information content (AvgIpc) is 2.73. The number of thioether (sulfide) groups is 1. The zero-order valence-electron chi connectivity index (χ0n) is 13.9. The van der Waals surface area contributed by atoms with E-state index in [1.54, 1.807) is 4.90 Å². The number of nitro benzene ring substituents is 1. The third kappa shape index (κ3) is 3.76. The zero-order chi connectivity index (χ0) is 18.0. The van der Waals surface area contributed by atoms with Crippen molar-refractivity contribution in [1.29, 1.82) is 0 Å². The number of phenolic OH excluding ortho intramolecular Hbond substituents is 1. The van der Waals surface area contributed by atoms with E-state index in [0.29, 0.717) is 10.1 Å². The van der Waals surface area contributed by atoms with Gasteiger partial charge in [0.05, 0.1) is 15.4 Å². The molecule has 0 aliphatic carbocycles. The summed E-state index contributed by atoms with van der Waals surface area (Å²) in [4.78, 5) is 29.6. The van der Waals surface area contributed by atoms with E-state index in [9.17, 15) is 20.0 Å². The Bertz CT molecular complexity index is 741. The number of rotatable bonds is 4. The second kappa shape index (κ2) is 7.04. The Balaban J connectivity index is 2.50. The van der Waals surface area contributed by atoms with Crippen molar-refractivity contribution in [2.24, 2.45) is 4.99 Å². The van der Waals surface area contributed by atoms with Gasteiger partial charge in [-0.25, -0.2) is 0 Å². The third-order valence-electron chi connectivity index (χ3n) is 3.22. The van der Waals surface area contributed by atoms with Crippen molar-refractivity contribution in [3.8, 4) is 5.75 Å². The van der Waals surface area contributed by atoms with E-state index in [1.807, 2.05) is 27.7 Å². The summed E-state index contributed by atoms with van der Waals surface area (Å²) in [5.41, 5.74) is 0.0180. The molecule has 0 unspecified atom stereocenters. The van der Waals surface area contributed by atoms with Crippen LogP contribution in [0, 0.1) is 10.1 Å². The van der Waals surface area contributed by atoms with E-state index < -0.39 is 4.92 Å². The van der Waals surface area contributed by atoms with Crippen LogP contribution in [0.2, 0.25) is 0 Å². The molecular formula is C16H19N3O4S. The number of amidine groups is 1. The standard InChI is InChI=1S/C16H19N3O4S/c1-9(2)17-16-18(10(3)4)15(21)14(24-16)8-11-7-12(20)5-6-13(11)19(22)23/h5-10,20H,1-4H3/b14-8+,17-16?. The third-order valence-corrected chi connectivity index (χ3v) is 4.21. The molecule has 1 aliphatic heterocycles. The summed E-state index contributed by atoms with van der Waals surface area (Å²) in [7, 11) is 0. The molecule has 0 spiro atoms. The molecule has 0 saturated carbocycles. The topological polar surface area (TPSA) is 96.0 Å². The molecule has 2 rings (SSSR count). The average molecular weight is 349 g/mol. The molecule has 1 aromatic carbocycles. The highest BCUT2D eigenvalue weighted by molar-refractivity contribution is 8.18. The van der Waals surface area contributed by atoms with Crippen molar-refractivity contribution >= 4 is 34.6 Å². The van der Waals surface area contributed by atoms with Crippen molar-refractivity contribution in [3.05, 3.63) is 38.8 Å². The van der Waals surface area contributed by atoms with Crippen LogP contribution < -0.4 is 0 Å². The molecule has 0 aromatic heterocycles. The van der Waals surface area contributed by atoms with Crippen molar-refractivity contribution in [1.82, 2.24) is 4.90 Å². The van der Waals surface area contributed by atoms with Crippen molar-refractivity contribution in [3.63, 3.8) is 0 Å². The molecule has 0 radical (unpaired) electrons. The van der Waals surface area contributed by atoms with Crippen LogP contribution in [-0.2, 0) is 4.79 Å². The number of amides is 1. The Hall–Kier alpha value is -2.35.